The molecule has 0 aliphatic heterocycles. The number of aromatic nitrogens is 2. The van der Waals surface area contributed by atoms with Gasteiger partial charge in [-0.3, -0.25) is 4.79 Å². The van der Waals surface area contributed by atoms with Gasteiger partial charge in [0.15, 0.2) is 6.10 Å². The molecule has 1 amide bonds. The number of nitrogens with zero attached hydrogens (tertiary/aromatic N) is 2. The fourth-order valence-corrected chi connectivity index (χ4v) is 2.44. The zero-order chi connectivity index (χ0) is 16.9. The first-order valence-electron chi connectivity index (χ1n) is 8.05. The highest BCUT2D eigenvalue weighted by Gasteiger charge is 2.14. The molecule has 24 heavy (non-hydrogen) atoms. The van der Waals surface area contributed by atoms with Crippen molar-refractivity contribution in [3.8, 4) is 5.75 Å². The van der Waals surface area contributed by atoms with Gasteiger partial charge in [-0.2, -0.15) is 0 Å². The molecule has 2 heterocycles. The number of carbonyl (C=O) groups is 1. The molecule has 2 aromatic heterocycles. The number of imidazole rings is 1. The molecule has 5 nitrogen and oxygen atoms in total. The van der Waals surface area contributed by atoms with Crippen molar-refractivity contribution in [3.63, 3.8) is 0 Å². The molecule has 124 valence electrons. The highest BCUT2D eigenvalue weighted by molar-refractivity contribution is 5.80. The summed E-state index contributed by atoms with van der Waals surface area (Å²) in [5.74, 6) is 0.572. The Kier molecular flexibility index (Phi) is 4.79. The Morgan fingerprint density at radius 3 is 2.79 bits per heavy atom. The van der Waals surface area contributed by atoms with Crippen LogP contribution in [-0.2, 0) is 11.2 Å². The number of amides is 1. The van der Waals surface area contributed by atoms with E-state index < -0.39 is 6.10 Å². The Hall–Kier alpha value is -2.82. The van der Waals surface area contributed by atoms with Gasteiger partial charge < -0.3 is 14.5 Å². The minimum Gasteiger partial charge on any atom is -0.481 e. The summed E-state index contributed by atoms with van der Waals surface area (Å²) in [6.07, 6.45) is 4.09. The lowest BCUT2D eigenvalue weighted by Crippen LogP contribution is -2.37. The van der Waals surface area contributed by atoms with Crippen molar-refractivity contribution in [3.05, 3.63) is 66.1 Å². The van der Waals surface area contributed by atoms with E-state index in [1.807, 2.05) is 66.2 Å². The van der Waals surface area contributed by atoms with Gasteiger partial charge in [0, 0.05) is 25.4 Å². The number of pyridine rings is 1. The fraction of sp³-hybridized carbons (Fsp3) is 0.263. The van der Waals surface area contributed by atoms with E-state index in [1.54, 1.807) is 6.92 Å². The molecular weight excluding hydrogens is 302 g/mol. The second-order valence-corrected chi connectivity index (χ2v) is 5.81. The number of hydrogen-bond acceptors (Lipinski definition) is 3. The van der Waals surface area contributed by atoms with E-state index in [2.05, 4.69) is 10.3 Å². The van der Waals surface area contributed by atoms with Crippen LogP contribution in [0.3, 0.4) is 0 Å². The molecule has 1 atom stereocenters. The summed E-state index contributed by atoms with van der Waals surface area (Å²) in [6, 6.07) is 13.5. The number of benzene rings is 1. The van der Waals surface area contributed by atoms with E-state index in [0.717, 1.165) is 16.9 Å². The summed E-state index contributed by atoms with van der Waals surface area (Å²) in [4.78, 5) is 16.6. The van der Waals surface area contributed by atoms with E-state index >= 15 is 0 Å². The first-order chi connectivity index (χ1) is 11.6. The average molecular weight is 323 g/mol. The predicted octanol–water partition coefficient (Wildman–Crippen LogP) is 2.77. The van der Waals surface area contributed by atoms with Gasteiger partial charge in [-0.1, -0.05) is 23.8 Å². The molecule has 0 saturated carbocycles. The van der Waals surface area contributed by atoms with Gasteiger partial charge in [-0.05, 0) is 38.1 Å². The molecule has 1 unspecified atom stereocenters. The second kappa shape index (κ2) is 7.17. The Bertz CT molecular complexity index is 791. The highest BCUT2D eigenvalue weighted by atomic mass is 16.5. The number of fused-ring (bicyclic) bond motifs is 1. The standard InChI is InChI=1S/C19H21N3O2/c1-14-6-8-17(9-7-14)24-15(2)19(23)20-11-10-16-13-22-12-4-3-5-18(22)21-16/h3-9,12-13,15H,10-11H2,1-2H3,(H,20,23). The first-order valence-corrected chi connectivity index (χ1v) is 8.05. The van der Waals surface area contributed by atoms with Crippen LogP contribution in [0.2, 0.25) is 0 Å². The number of rotatable bonds is 6. The Balaban J connectivity index is 1.48. The lowest BCUT2D eigenvalue weighted by Gasteiger charge is -2.14. The normalized spacial score (nSPS) is 12.1. The maximum atomic E-state index is 12.1. The summed E-state index contributed by atoms with van der Waals surface area (Å²) in [5, 5.41) is 2.89. The van der Waals surface area contributed by atoms with Gasteiger partial charge in [-0.15, -0.1) is 0 Å². The van der Waals surface area contributed by atoms with Gasteiger partial charge in [0.05, 0.1) is 5.69 Å². The van der Waals surface area contributed by atoms with Gasteiger partial charge in [0.1, 0.15) is 11.4 Å². The maximum Gasteiger partial charge on any atom is 0.260 e. The smallest absolute Gasteiger partial charge is 0.260 e. The van der Waals surface area contributed by atoms with Crippen LogP contribution < -0.4 is 10.1 Å². The molecule has 1 N–H and O–H groups in total. The van der Waals surface area contributed by atoms with Crippen LogP contribution in [0.1, 0.15) is 18.2 Å². The highest BCUT2D eigenvalue weighted by Crippen LogP contribution is 2.13. The van der Waals surface area contributed by atoms with Crippen LogP contribution >= 0.6 is 0 Å². The van der Waals surface area contributed by atoms with E-state index in [0.29, 0.717) is 18.7 Å². The third-order valence-corrected chi connectivity index (χ3v) is 3.80. The third kappa shape index (κ3) is 3.93. The van der Waals surface area contributed by atoms with Gasteiger partial charge in [0.2, 0.25) is 0 Å². The average Bonchev–Trinajstić information content (AvgIpc) is 2.99. The van der Waals surface area contributed by atoms with E-state index in [-0.39, 0.29) is 5.91 Å². The van der Waals surface area contributed by atoms with Crippen LogP contribution in [-0.4, -0.2) is 27.9 Å². The topological polar surface area (TPSA) is 55.6 Å². The molecular formula is C19H21N3O2. The van der Waals surface area contributed by atoms with Crippen molar-refractivity contribution in [1.82, 2.24) is 14.7 Å². The van der Waals surface area contributed by atoms with Crippen LogP contribution in [0, 0.1) is 6.92 Å². The van der Waals surface area contributed by atoms with Gasteiger partial charge in [0.25, 0.3) is 5.91 Å². The largest absolute Gasteiger partial charge is 0.481 e. The SMILES string of the molecule is Cc1ccc(OC(C)C(=O)NCCc2cn3ccccc3n2)cc1. The zero-order valence-corrected chi connectivity index (χ0v) is 13.9. The molecule has 0 spiro atoms. The number of aryl methyl sites for hydroxylation is 1. The second-order valence-electron chi connectivity index (χ2n) is 5.81. The van der Waals surface area contributed by atoms with Crippen molar-refractivity contribution in [2.75, 3.05) is 6.54 Å². The van der Waals surface area contributed by atoms with E-state index in [9.17, 15) is 4.79 Å². The molecule has 0 fully saturated rings. The van der Waals surface area contributed by atoms with Gasteiger partial charge in [-0.25, -0.2) is 4.98 Å². The van der Waals surface area contributed by atoms with Crippen LogP contribution in [0.5, 0.6) is 5.75 Å². The predicted molar refractivity (Wildman–Crippen MR) is 93.2 cm³/mol. The van der Waals surface area contributed by atoms with E-state index in [4.69, 9.17) is 4.74 Å². The number of ether oxygens (including phenoxy) is 1. The first kappa shape index (κ1) is 16.1. The maximum absolute atomic E-state index is 12.1. The zero-order valence-electron chi connectivity index (χ0n) is 13.9. The number of carbonyl (C=O) groups excluding carboxylic acids is 1. The van der Waals surface area contributed by atoms with Crippen molar-refractivity contribution in [2.45, 2.75) is 26.4 Å². The molecule has 1 aromatic carbocycles. The number of hydrogen-bond donors (Lipinski definition) is 1. The van der Waals surface area contributed by atoms with Crippen LogP contribution in [0.4, 0.5) is 0 Å². The van der Waals surface area contributed by atoms with Crippen LogP contribution in [0.25, 0.3) is 5.65 Å². The minimum absolute atomic E-state index is 0.126. The Morgan fingerprint density at radius 2 is 2.04 bits per heavy atom. The molecule has 0 aliphatic carbocycles. The molecule has 0 radical (unpaired) electrons. The molecule has 0 saturated heterocycles. The van der Waals surface area contributed by atoms with Crippen molar-refractivity contribution in [1.29, 1.82) is 0 Å². The van der Waals surface area contributed by atoms with E-state index in [1.165, 1.54) is 0 Å². The van der Waals surface area contributed by atoms with Gasteiger partial charge >= 0.3 is 0 Å². The summed E-state index contributed by atoms with van der Waals surface area (Å²) >= 11 is 0. The van der Waals surface area contributed by atoms with Crippen molar-refractivity contribution >= 4 is 11.6 Å². The lowest BCUT2D eigenvalue weighted by molar-refractivity contribution is -0.127. The quantitative estimate of drug-likeness (QED) is 0.759. The Morgan fingerprint density at radius 1 is 1.25 bits per heavy atom. The summed E-state index contributed by atoms with van der Waals surface area (Å²) in [7, 11) is 0. The summed E-state index contributed by atoms with van der Waals surface area (Å²) in [6.45, 7) is 4.30. The Labute approximate surface area is 141 Å². The number of nitrogens with one attached hydrogen (secondary N) is 1. The molecule has 5 heteroatoms. The lowest BCUT2D eigenvalue weighted by atomic mass is 10.2. The summed E-state index contributed by atoms with van der Waals surface area (Å²) in [5.41, 5.74) is 3.02. The minimum atomic E-state index is -0.534. The molecule has 0 bridgehead atoms. The summed E-state index contributed by atoms with van der Waals surface area (Å²) < 4.78 is 7.62. The van der Waals surface area contributed by atoms with Crippen LogP contribution in [0.15, 0.2) is 54.9 Å². The third-order valence-electron chi connectivity index (χ3n) is 3.80. The molecule has 0 aliphatic rings. The fourth-order valence-electron chi connectivity index (χ4n) is 2.44. The van der Waals surface area contributed by atoms with Crippen molar-refractivity contribution in [2.24, 2.45) is 0 Å². The van der Waals surface area contributed by atoms with Crippen molar-refractivity contribution < 1.29 is 9.53 Å². The molecule has 3 rings (SSSR count). The monoisotopic (exact) mass is 323 g/mol. The molecule has 3 aromatic rings.